The molecule has 0 atom stereocenters. The maximum Gasteiger partial charge on any atom is 0.258 e. The minimum absolute atomic E-state index is 0.148. The maximum atomic E-state index is 11.9. The van der Waals surface area contributed by atoms with Crippen molar-refractivity contribution in [2.75, 3.05) is 19.0 Å². The molecule has 4 heteroatoms. The fraction of sp³-hybridized carbons (Fsp3) is 0.167. The van der Waals surface area contributed by atoms with Gasteiger partial charge in [-0.15, -0.1) is 0 Å². The molecule has 0 aliphatic carbocycles. The van der Waals surface area contributed by atoms with Gasteiger partial charge in [-0.05, 0) is 6.07 Å². The molecular formula is C12H12N2O2. The van der Waals surface area contributed by atoms with E-state index in [1.54, 1.807) is 11.9 Å². The van der Waals surface area contributed by atoms with Crippen molar-refractivity contribution in [3.63, 3.8) is 0 Å². The van der Waals surface area contributed by atoms with E-state index in [2.05, 4.69) is 5.32 Å². The maximum absolute atomic E-state index is 11.9. The number of carbonyl (C=O) groups is 2. The Balaban J connectivity index is 2.53. The topological polar surface area (TPSA) is 49.4 Å². The Kier molecular flexibility index (Phi) is 2.48. The van der Waals surface area contributed by atoms with Gasteiger partial charge in [-0.25, -0.2) is 0 Å². The van der Waals surface area contributed by atoms with Crippen molar-refractivity contribution in [2.45, 2.75) is 0 Å². The van der Waals surface area contributed by atoms with Gasteiger partial charge in [0.2, 0.25) is 5.91 Å². The summed E-state index contributed by atoms with van der Waals surface area (Å²) in [6.45, 7) is 0. The molecule has 0 saturated heterocycles. The molecule has 0 radical (unpaired) electrons. The second-order valence-electron chi connectivity index (χ2n) is 3.55. The average molecular weight is 216 g/mol. The summed E-state index contributed by atoms with van der Waals surface area (Å²) in [7, 11) is 3.24. The largest absolute Gasteiger partial charge is 0.356 e. The summed E-state index contributed by atoms with van der Waals surface area (Å²) in [5, 5.41) is 2.47. The number of carbonyl (C=O) groups excluding carboxylic acids is 2. The average Bonchev–Trinajstić information content (AvgIpc) is 2.55. The molecule has 1 aromatic rings. The number of likely N-dealkylation sites (N-methyl/N-ethyl adjacent to an activating group) is 2. The van der Waals surface area contributed by atoms with Crippen molar-refractivity contribution in [1.29, 1.82) is 0 Å². The van der Waals surface area contributed by atoms with Crippen LogP contribution in [-0.4, -0.2) is 25.9 Å². The fourth-order valence-corrected chi connectivity index (χ4v) is 1.74. The van der Waals surface area contributed by atoms with Crippen molar-refractivity contribution >= 4 is 23.1 Å². The number of para-hydroxylation sites is 1. The van der Waals surface area contributed by atoms with Crippen LogP contribution in [-0.2, 0) is 9.59 Å². The van der Waals surface area contributed by atoms with Gasteiger partial charge in [-0.1, -0.05) is 18.2 Å². The monoisotopic (exact) mass is 216 g/mol. The van der Waals surface area contributed by atoms with Crippen LogP contribution in [0.25, 0.3) is 5.57 Å². The highest BCUT2D eigenvalue weighted by atomic mass is 16.2. The van der Waals surface area contributed by atoms with Gasteiger partial charge in [0.25, 0.3) is 5.91 Å². The minimum Gasteiger partial charge on any atom is -0.356 e. The summed E-state index contributed by atoms with van der Waals surface area (Å²) in [6, 6.07) is 7.41. The van der Waals surface area contributed by atoms with Crippen molar-refractivity contribution in [1.82, 2.24) is 5.32 Å². The van der Waals surface area contributed by atoms with Crippen LogP contribution in [0, 0.1) is 0 Å². The zero-order valence-corrected chi connectivity index (χ0v) is 9.15. The van der Waals surface area contributed by atoms with E-state index in [0.717, 1.165) is 11.3 Å². The van der Waals surface area contributed by atoms with E-state index in [-0.39, 0.29) is 11.8 Å². The molecule has 1 aliphatic rings. The van der Waals surface area contributed by atoms with Crippen LogP contribution in [0.2, 0.25) is 0 Å². The summed E-state index contributed by atoms with van der Waals surface area (Å²) in [6.07, 6.45) is 1.34. The second kappa shape index (κ2) is 3.81. The van der Waals surface area contributed by atoms with Crippen molar-refractivity contribution in [3.8, 4) is 0 Å². The molecular weight excluding hydrogens is 204 g/mol. The van der Waals surface area contributed by atoms with Crippen LogP contribution in [0.3, 0.4) is 0 Å². The van der Waals surface area contributed by atoms with E-state index in [0.29, 0.717) is 5.57 Å². The van der Waals surface area contributed by atoms with Gasteiger partial charge in [0.1, 0.15) is 0 Å². The number of benzene rings is 1. The van der Waals surface area contributed by atoms with E-state index >= 15 is 0 Å². The Morgan fingerprint density at radius 3 is 2.75 bits per heavy atom. The van der Waals surface area contributed by atoms with Crippen LogP contribution in [0.15, 0.2) is 30.3 Å². The highest BCUT2D eigenvalue weighted by Crippen LogP contribution is 2.34. The third kappa shape index (κ3) is 1.48. The third-order valence-electron chi connectivity index (χ3n) is 2.61. The molecule has 0 aromatic heterocycles. The third-order valence-corrected chi connectivity index (χ3v) is 2.61. The molecule has 82 valence electrons. The smallest absolute Gasteiger partial charge is 0.258 e. The first-order valence-corrected chi connectivity index (χ1v) is 4.96. The first kappa shape index (κ1) is 10.4. The van der Waals surface area contributed by atoms with Crippen LogP contribution >= 0.6 is 0 Å². The Morgan fingerprint density at radius 2 is 2.06 bits per heavy atom. The first-order chi connectivity index (χ1) is 7.65. The molecule has 2 rings (SSSR count). The Hall–Kier alpha value is -2.10. The van der Waals surface area contributed by atoms with Crippen LogP contribution in [0.4, 0.5) is 5.69 Å². The van der Waals surface area contributed by atoms with E-state index < -0.39 is 0 Å². The summed E-state index contributed by atoms with van der Waals surface area (Å²) in [5.74, 6) is -0.418. The van der Waals surface area contributed by atoms with Gasteiger partial charge in [-0.2, -0.15) is 0 Å². The van der Waals surface area contributed by atoms with Gasteiger partial charge < -0.3 is 10.2 Å². The van der Waals surface area contributed by atoms with Crippen molar-refractivity contribution in [3.05, 3.63) is 35.9 Å². The lowest BCUT2D eigenvalue weighted by Gasteiger charge is -2.07. The summed E-state index contributed by atoms with van der Waals surface area (Å²) < 4.78 is 0. The Labute approximate surface area is 93.6 Å². The Morgan fingerprint density at radius 1 is 1.38 bits per heavy atom. The van der Waals surface area contributed by atoms with E-state index in [1.165, 1.54) is 13.1 Å². The second-order valence-corrected chi connectivity index (χ2v) is 3.55. The number of nitrogens with one attached hydrogen (secondary N) is 1. The molecule has 0 spiro atoms. The summed E-state index contributed by atoms with van der Waals surface area (Å²) in [5.41, 5.74) is 2.08. The van der Waals surface area contributed by atoms with Crippen molar-refractivity contribution in [2.24, 2.45) is 0 Å². The van der Waals surface area contributed by atoms with Gasteiger partial charge in [-0.3, -0.25) is 9.59 Å². The first-order valence-electron chi connectivity index (χ1n) is 4.96. The lowest BCUT2D eigenvalue weighted by Crippen LogP contribution is -2.22. The molecule has 1 N–H and O–H groups in total. The van der Waals surface area contributed by atoms with E-state index in [4.69, 9.17) is 0 Å². The predicted molar refractivity (Wildman–Crippen MR) is 61.9 cm³/mol. The number of fused-ring (bicyclic) bond motifs is 1. The number of hydrogen-bond acceptors (Lipinski definition) is 2. The number of hydrogen-bond donors (Lipinski definition) is 1. The van der Waals surface area contributed by atoms with Gasteiger partial charge >= 0.3 is 0 Å². The SMILES string of the molecule is CNC(=O)/C=C1/C(=O)N(C)c2ccccc21. The fourth-order valence-electron chi connectivity index (χ4n) is 1.74. The van der Waals surface area contributed by atoms with Gasteiger partial charge in [0, 0.05) is 25.7 Å². The number of nitrogens with zero attached hydrogens (tertiary/aromatic N) is 1. The van der Waals surface area contributed by atoms with Crippen molar-refractivity contribution < 1.29 is 9.59 Å². The molecule has 0 bridgehead atoms. The molecule has 1 aliphatic heterocycles. The minimum atomic E-state index is -0.270. The lowest BCUT2D eigenvalue weighted by atomic mass is 10.1. The lowest BCUT2D eigenvalue weighted by molar-refractivity contribution is -0.116. The number of amides is 2. The summed E-state index contributed by atoms with van der Waals surface area (Å²) >= 11 is 0. The number of rotatable bonds is 1. The van der Waals surface area contributed by atoms with Gasteiger partial charge in [0.15, 0.2) is 0 Å². The quantitative estimate of drug-likeness (QED) is 0.706. The molecule has 1 aromatic carbocycles. The standard InChI is InChI=1S/C12H12N2O2/c1-13-11(15)7-9-8-5-3-4-6-10(8)14(2)12(9)16/h3-7H,1-2H3,(H,13,15)/b9-7+. The molecule has 1 heterocycles. The molecule has 16 heavy (non-hydrogen) atoms. The highest BCUT2D eigenvalue weighted by molar-refractivity contribution is 6.34. The normalized spacial score (nSPS) is 16.5. The molecule has 0 unspecified atom stereocenters. The highest BCUT2D eigenvalue weighted by Gasteiger charge is 2.29. The van der Waals surface area contributed by atoms with Crippen LogP contribution in [0.1, 0.15) is 5.56 Å². The molecule has 0 saturated carbocycles. The van der Waals surface area contributed by atoms with E-state index in [9.17, 15) is 9.59 Å². The molecule has 0 fully saturated rings. The van der Waals surface area contributed by atoms with Gasteiger partial charge in [0.05, 0.1) is 11.3 Å². The zero-order valence-electron chi connectivity index (χ0n) is 9.15. The Bertz CT molecular complexity index is 492. The van der Waals surface area contributed by atoms with Crippen LogP contribution < -0.4 is 10.2 Å². The molecule has 2 amide bonds. The van der Waals surface area contributed by atoms with E-state index in [1.807, 2.05) is 24.3 Å². The molecule has 4 nitrogen and oxygen atoms in total. The zero-order chi connectivity index (χ0) is 11.7. The number of anilines is 1. The van der Waals surface area contributed by atoms with Crippen LogP contribution in [0.5, 0.6) is 0 Å². The predicted octanol–water partition coefficient (Wildman–Crippen LogP) is 0.792. The summed E-state index contributed by atoms with van der Waals surface area (Å²) in [4.78, 5) is 24.7.